The second-order valence-electron chi connectivity index (χ2n) is 6.99. The van der Waals surface area contributed by atoms with Crippen LogP contribution < -0.4 is 4.90 Å². The molecule has 0 amide bonds. The molecule has 0 unspecified atom stereocenters. The average Bonchev–Trinajstić information content (AvgIpc) is 2.71. The van der Waals surface area contributed by atoms with Crippen molar-refractivity contribution in [1.82, 2.24) is 15.0 Å². The summed E-state index contributed by atoms with van der Waals surface area (Å²) in [5, 5.41) is 0. The van der Waals surface area contributed by atoms with Crippen molar-refractivity contribution >= 4 is 5.82 Å². The highest BCUT2D eigenvalue weighted by Crippen LogP contribution is 2.32. The van der Waals surface area contributed by atoms with Gasteiger partial charge in [-0.2, -0.15) is 0 Å². The fraction of sp³-hybridized carbons (Fsp3) is 0.318. The van der Waals surface area contributed by atoms with Gasteiger partial charge in [0, 0.05) is 42.3 Å². The zero-order valence-corrected chi connectivity index (χ0v) is 15.4. The second-order valence-corrected chi connectivity index (χ2v) is 6.99. The van der Waals surface area contributed by atoms with Gasteiger partial charge in [-0.05, 0) is 50.3 Å². The van der Waals surface area contributed by atoms with Crippen LogP contribution in [0.4, 0.5) is 5.82 Å². The zero-order valence-electron chi connectivity index (χ0n) is 15.4. The van der Waals surface area contributed by atoms with Crippen molar-refractivity contribution in [3.8, 4) is 11.4 Å². The average molecular weight is 344 g/mol. The van der Waals surface area contributed by atoms with Crippen LogP contribution >= 0.6 is 0 Å². The SMILES string of the molecule is Cc1nc(-c2cccnc2)nc(N2CCC(c3ccccc3)CC2)c1C. The van der Waals surface area contributed by atoms with Crippen LogP contribution in [-0.2, 0) is 0 Å². The lowest BCUT2D eigenvalue weighted by Crippen LogP contribution is -2.34. The van der Waals surface area contributed by atoms with Crippen LogP contribution in [0.25, 0.3) is 11.4 Å². The van der Waals surface area contributed by atoms with Crippen molar-refractivity contribution in [2.75, 3.05) is 18.0 Å². The molecule has 4 heteroatoms. The Balaban J connectivity index is 1.58. The highest BCUT2D eigenvalue weighted by Gasteiger charge is 2.23. The predicted molar refractivity (Wildman–Crippen MR) is 105 cm³/mol. The molecular formula is C22H24N4. The van der Waals surface area contributed by atoms with E-state index in [0.717, 1.165) is 48.8 Å². The van der Waals surface area contributed by atoms with Gasteiger partial charge in [-0.3, -0.25) is 4.98 Å². The van der Waals surface area contributed by atoms with Gasteiger partial charge in [0.15, 0.2) is 5.82 Å². The number of pyridine rings is 1. The first kappa shape index (κ1) is 16.7. The van der Waals surface area contributed by atoms with Crippen LogP contribution in [0.5, 0.6) is 0 Å². The van der Waals surface area contributed by atoms with Gasteiger partial charge in [-0.15, -0.1) is 0 Å². The van der Waals surface area contributed by atoms with Crippen LogP contribution in [0, 0.1) is 13.8 Å². The Hall–Kier alpha value is -2.75. The van der Waals surface area contributed by atoms with Crippen LogP contribution in [-0.4, -0.2) is 28.0 Å². The lowest BCUT2D eigenvalue weighted by atomic mass is 9.89. The molecule has 1 saturated heterocycles. The minimum atomic E-state index is 0.647. The van der Waals surface area contributed by atoms with E-state index in [1.165, 1.54) is 11.1 Å². The molecular weight excluding hydrogens is 320 g/mol. The molecule has 3 aromatic rings. The predicted octanol–water partition coefficient (Wildman–Crippen LogP) is 4.54. The molecule has 0 atom stereocenters. The third-order valence-corrected chi connectivity index (χ3v) is 5.35. The third-order valence-electron chi connectivity index (χ3n) is 5.35. The molecule has 0 saturated carbocycles. The lowest BCUT2D eigenvalue weighted by Gasteiger charge is -2.34. The molecule has 1 aromatic carbocycles. The van der Waals surface area contributed by atoms with Gasteiger partial charge in [0.25, 0.3) is 0 Å². The normalized spacial score (nSPS) is 15.2. The summed E-state index contributed by atoms with van der Waals surface area (Å²) in [6, 6.07) is 14.8. The Morgan fingerprint density at radius 2 is 1.69 bits per heavy atom. The summed E-state index contributed by atoms with van der Waals surface area (Å²) < 4.78 is 0. The molecule has 0 bridgehead atoms. The fourth-order valence-corrected chi connectivity index (χ4v) is 3.70. The molecule has 132 valence electrons. The molecule has 3 heterocycles. The third kappa shape index (κ3) is 3.32. The molecule has 26 heavy (non-hydrogen) atoms. The number of aryl methyl sites for hydroxylation is 1. The molecule has 0 radical (unpaired) electrons. The van der Waals surface area contributed by atoms with Gasteiger partial charge < -0.3 is 4.90 Å². The number of anilines is 1. The van der Waals surface area contributed by atoms with Crippen molar-refractivity contribution in [3.63, 3.8) is 0 Å². The van der Waals surface area contributed by atoms with Crippen molar-refractivity contribution in [2.24, 2.45) is 0 Å². The van der Waals surface area contributed by atoms with E-state index in [4.69, 9.17) is 4.98 Å². The Kier molecular flexibility index (Phi) is 4.65. The standard InChI is InChI=1S/C22H24N4/c1-16-17(2)24-21(20-9-6-12-23-15-20)25-22(16)26-13-10-19(11-14-26)18-7-4-3-5-8-18/h3-9,12,15,19H,10-11,13-14H2,1-2H3. The number of hydrogen-bond acceptors (Lipinski definition) is 4. The smallest absolute Gasteiger partial charge is 0.163 e. The molecule has 2 aromatic heterocycles. The summed E-state index contributed by atoms with van der Waals surface area (Å²) in [6.07, 6.45) is 5.93. The highest BCUT2D eigenvalue weighted by molar-refractivity contribution is 5.59. The molecule has 4 rings (SSSR count). The van der Waals surface area contributed by atoms with Crippen LogP contribution in [0.1, 0.15) is 35.6 Å². The molecule has 0 N–H and O–H groups in total. The highest BCUT2D eigenvalue weighted by atomic mass is 15.2. The van der Waals surface area contributed by atoms with Gasteiger partial charge in [-0.25, -0.2) is 9.97 Å². The van der Waals surface area contributed by atoms with E-state index in [-0.39, 0.29) is 0 Å². The summed E-state index contributed by atoms with van der Waals surface area (Å²) in [5.41, 5.74) is 4.64. The van der Waals surface area contributed by atoms with E-state index < -0.39 is 0 Å². The van der Waals surface area contributed by atoms with Crippen molar-refractivity contribution in [1.29, 1.82) is 0 Å². The first-order chi connectivity index (χ1) is 12.7. The van der Waals surface area contributed by atoms with E-state index in [0.29, 0.717) is 5.92 Å². The van der Waals surface area contributed by atoms with E-state index in [9.17, 15) is 0 Å². The summed E-state index contributed by atoms with van der Waals surface area (Å²) in [5.74, 6) is 2.48. The van der Waals surface area contributed by atoms with E-state index >= 15 is 0 Å². The van der Waals surface area contributed by atoms with Gasteiger partial charge in [0.1, 0.15) is 5.82 Å². The zero-order chi connectivity index (χ0) is 17.9. The summed E-state index contributed by atoms with van der Waals surface area (Å²) in [7, 11) is 0. The van der Waals surface area contributed by atoms with E-state index in [2.05, 4.69) is 59.0 Å². The number of benzene rings is 1. The number of rotatable bonds is 3. The molecule has 0 aliphatic carbocycles. The molecule has 1 aliphatic heterocycles. The van der Waals surface area contributed by atoms with Crippen LogP contribution in [0.3, 0.4) is 0 Å². The number of hydrogen-bond donors (Lipinski definition) is 0. The van der Waals surface area contributed by atoms with Gasteiger partial charge in [-0.1, -0.05) is 30.3 Å². The largest absolute Gasteiger partial charge is 0.356 e. The Morgan fingerprint density at radius 3 is 2.38 bits per heavy atom. The monoisotopic (exact) mass is 344 g/mol. The number of piperidine rings is 1. The fourth-order valence-electron chi connectivity index (χ4n) is 3.70. The van der Waals surface area contributed by atoms with Crippen molar-refractivity contribution in [2.45, 2.75) is 32.6 Å². The second kappa shape index (κ2) is 7.24. The van der Waals surface area contributed by atoms with Crippen LogP contribution in [0.15, 0.2) is 54.9 Å². The Labute approximate surface area is 155 Å². The summed E-state index contributed by atoms with van der Waals surface area (Å²) >= 11 is 0. The molecule has 0 spiro atoms. The number of nitrogens with zero attached hydrogens (tertiary/aromatic N) is 4. The summed E-state index contributed by atoms with van der Waals surface area (Å²) in [6.45, 7) is 6.25. The number of aromatic nitrogens is 3. The topological polar surface area (TPSA) is 41.9 Å². The van der Waals surface area contributed by atoms with Crippen molar-refractivity contribution < 1.29 is 0 Å². The van der Waals surface area contributed by atoms with Crippen molar-refractivity contribution in [3.05, 3.63) is 71.7 Å². The first-order valence-electron chi connectivity index (χ1n) is 9.28. The van der Waals surface area contributed by atoms with E-state index in [1.54, 1.807) is 6.20 Å². The maximum absolute atomic E-state index is 4.90. The van der Waals surface area contributed by atoms with Gasteiger partial charge in [0.05, 0.1) is 0 Å². The molecule has 1 fully saturated rings. The maximum atomic E-state index is 4.90. The molecule has 4 nitrogen and oxygen atoms in total. The Bertz CT molecular complexity index is 869. The van der Waals surface area contributed by atoms with E-state index in [1.807, 2.05) is 18.3 Å². The quantitative estimate of drug-likeness (QED) is 0.699. The van der Waals surface area contributed by atoms with Gasteiger partial charge >= 0.3 is 0 Å². The minimum Gasteiger partial charge on any atom is -0.356 e. The maximum Gasteiger partial charge on any atom is 0.163 e. The van der Waals surface area contributed by atoms with Crippen LogP contribution in [0.2, 0.25) is 0 Å². The minimum absolute atomic E-state index is 0.647. The molecule has 1 aliphatic rings. The summed E-state index contributed by atoms with van der Waals surface area (Å²) in [4.78, 5) is 16.2. The van der Waals surface area contributed by atoms with Gasteiger partial charge in [0.2, 0.25) is 0 Å². The lowest BCUT2D eigenvalue weighted by molar-refractivity contribution is 0.502. The Morgan fingerprint density at radius 1 is 0.923 bits per heavy atom. The first-order valence-corrected chi connectivity index (χ1v) is 9.28.